The zero-order valence-electron chi connectivity index (χ0n) is 13.2. The number of aromatic nitrogens is 1. The van der Waals surface area contributed by atoms with E-state index in [9.17, 15) is 9.59 Å². The molecule has 0 aromatic carbocycles. The van der Waals surface area contributed by atoms with Crippen LogP contribution in [0.4, 0.5) is 4.79 Å². The first kappa shape index (κ1) is 17.3. The minimum Gasteiger partial charge on any atom is -0.444 e. The Morgan fingerprint density at radius 1 is 1.19 bits per heavy atom. The smallest absolute Gasteiger partial charge is 0.407 e. The molecule has 1 aromatic rings. The predicted molar refractivity (Wildman–Crippen MR) is 83.4 cm³/mol. The fraction of sp³-hybridized carbons (Fsp3) is 0.625. The number of rotatable bonds is 7. The zero-order chi connectivity index (χ0) is 15.7. The Balaban J connectivity index is 2.04. The SMILES string of the molecule is CC(C)(C)OC(=O)NCCCCCCn1ccccc1=O. The number of unbranched alkanes of at least 4 members (excludes halogenated alkanes) is 3. The quantitative estimate of drug-likeness (QED) is 0.787. The highest BCUT2D eigenvalue weighted by atomic mass is 16.6. The molecule has 5 nitrogen and oxygen atoms in total. The molecule has 0 aliphatic rings. The lowest BCUT2D eigenvalue weighted by Crippen LogP contribution is -2.32. The van der Waals surface area contributed by atoms with Crippen LogP contribution in [0.15, 0.2) is 29.2 Å². The summed E-state index contributed by atoms with van der Waals surface area (Å²) in [5.74, 6) is 0. The summed E-state index contributed by atoms with van der Waals surface area (Å²) in [5.41, 5.74) is -0.406. The summed E-state index contributed by atoms with van der Waals surface area (Å²) < 4.78 is 6.87. The van der Waals surface area contributed by atoms with E-state index >= 15 is 0 Å². The van der Waals surface area contributed by atoms with Crippen LogP contribution in [0.5, 0.6) is 0 Å². The summed E-state index contributed by atoms with van der Waals surface area (Å²) in [6.07, 6.45) is 5.40. The van der Waals surface area contributed by atoms with Crippen molar-refractivity contribution in [2.75, 3.05) is 6.54 Å². The number of alkyl carbamates (subject to hydrolysis) is 1. The highest BCUT2D eigenvalue weighted by molar-refractivity contribution is 5.67. The largest absolute Gasteiger partial charge is 0.444 e. The van der Waals surface area contributed by atoms with Gasteiger partial charge in [0.1, 0.15) is 5.60 Å². The van der Waals surface area contributed by atoms with Crippen molar-refractivity contribution in [3.8, 4) is 0 Å². The Morgan fingerprint density at radius 3 is 2.57 bits per heavy atom. The first-order valence-electron chi connectivity index (χ1n) is 7.51. The van der Waals surface area contributed by atoms with Crippen molar-refractivity contribution in [1.29, 1.82) is 0 Å². The normalized spacial score (nSPS) is 11.2. The van der Waals surface area contributed by atoms with Gasteiger partial charge in [-0.25, -0.2) is 4.79 Å². The Hall–Kier alpha value is -1.78. The molecule has 0 atom stereocenters. The summed E-state index contributed by atoms with van der Waals surface area (Å²) in [6.45, 7) is 6.91. The number of hydrogen-bond donors (Lipinski definition) is 1. The van der Waals surface area contributed by atoms with Gasteiger partial charge in [-0.05, 0) is 39.7 Å². The molecule has 0 saturated heterocycles. The molecule has 0 radical (unpaired) electrons. The van der Waals surface area contributed by atoms with Gasteiger partial charge in [-0.1, -0.05) is 18.9 Å². The third-order valence-corrected chi connectivity index (χ3v) is 2.89. The molecule has 1 N–H and O–H groups in total. The van der Waals surface area contributed by atoms with Crippen molar-refractivity contribution in [3.63, 3.8) is 0 Å². The number of aryl methyl sites for hydroxylation is 1. The van der Waals surface area contributed by atoms with Gasteiger partial charge in [-0.3, -0.25) is 4.79 Å². The Bertz CT molecular complexity index is 489. The van der Waals surface area contributed by atoms with Crippen molar-refractivity contribution in [3.05, 3.63) is 34.7 Å². The van der Waals surface area contributed by atoms with Crippen LogP contribution in [0.25, 0.3) is 0 Å². The second-order valence-corrected chi connectivity index (χ2v) is 6.08. The van der Waals surface area contributed by atoms with Gasteiger partial charge in [0.2, 0.25) is 5.56 Å². The van der Waals surface area contributed by atoms with Crippen molar-refractivity contribution in [2.24, 2.45) is 0 Å². The van der Waals surface area contributed by atoms with E-state index in [-0.39, 0.29) is 11.7 Å². The topological polar surface area (TPSA) is 60.3 Å². The fourth-order valence-electron chi connectivity index (χ4n) is 1.91. The molecular weight excluding hydrogens is 268 g/mol. The number of pyridine rings is 1. The van der Waals surface area contributed by atoms with Gasteiger partial charge in [0.25, 0.3) is 0 Å². The number of nitrogens with one attached hydrogen (secondary N) is 1. The van der Waals surface area contributed by atoms with E-state index in [1.54, 1.807) is 16.7 Å². The number of amides is 1. The molecule has 1 amide bonds. The molecule has 1 aromatic heterocycles. The van der Waals surface area contributed by atoms with Crippen LogP contribution >= 0.6 is 0 Å². The van der Waals surface area contributed by atoms with Gasteiger partial charge in [0.05, 0.1) is 0 Å². The average molecular weight is 294 g/mol. The van der Waals surface area contributed by atoms with Gasteiger partial charge in [-0.15, -0.1) is 0 Å². The highest BCUT2D eigenvalue weighted by Gasteiger charge is 2.15. The summed E-state index contributed by atoms with van der Waals surface area (Å²) in [5, 5.41) is 2.74. The van der Waals surface area contributed by atoms with Crippen LogP contribution in [0.1, 0.15) is 46.5 Å². The van der Waals surface area contributed by atoms with E-state index in [1.807, 2.05) is 33.0 Å². The van der Waals surface area contributed by atoms with E-state index in [0.29, 0.717) is 6.54 Å². The third kappa shape index (κ3) is 8.17. The van der Waals surface area contributed by atoms with Gasteiger partial charge in [0.15, 0.2) is 0 Å². The first-order chi connectivity index (χ1) is 9.88. The maximum Gasteiger partial charge on any atom is 0.407 e. The summed E-state index contributed by atoms with van der Waals surface area (Å²) >= 11 is 0. The van der Waals surface area contributed by atoms with Gasteiger partial charge < -0.3 is 14.6 Å². The van der Waals surface area contributed by atoms with Crippen LogP contribution < -0.4 is 10.9 Å². The molecule has 0 spiro atoms. The predicted octanol–water partition coefficient (Wildman–Crippen LogP) is 2.93. The van der Waals surface area contributed by atoms with Gasteiger partial charge in [-0.2, -0.15) is 0 Å². The molecule has 5 heteroatoms. The lowest BCUT2D eigenvalue weighted by Gasteiger charge is -2.19. The van der Waals surface area contributed by atoms with Gasteiger partial charge in [0, 0.05) is 25.4 Å². The molecule has 21 heavy (non-hydrogen) atoms. The van der Waals surface area contributed by atoms with Crippen LogP contribution in [0.2, 0.25) is 0 Å². The van der Waals surface area contributed by atoms with E-state index in [1.165, 1.54) is 0 Å². The molecule has 0 bridgehead atoms. The number of hydrogen-bond acceptors (Lipinski definition) is 3. The van der Waals surface area contributed by atoms with E-state index in [2.05, 4.69) is 5.32 Å². The van der Waals surface area contributed by atoms with Crippen molar-refractivity contribution < 1.29 is 9.53 Å². The average Bonchev–Trinajstić information content (AvgIpc) is 2.37. The molecule has 0 saturated carbocycles. The third-order valence-electron chi connectivity index (χ3n) is 2.89. The van der Waals surface area contributed by atoms with Crippen molar-refractivity contribution >= 4 is 6.09 Å². The summed E-state index contributed by atoms with van der Waals surface area (Å²) in [7, 11) is 0. The molecule has 0 aliphatic heterocycles. The molecule has 0 aliphatic carbocycles. The van der Waals surface area contributed by atoms with Crippen LogP contribution in [0.3, 0.4) is 0 Å². The standard InChI is InChI=1S/C16H26N2O3/c1-16(2,3)21-15(20)17-11-7-4-5-8-12-18-13-9-6-10-14(18)19/h6,9-10,13H,4-5,7-8,11-12H2,1-3H3,(H,17,20). The number of ether oxygens (including phenoxy) is 1. The lowest BCUT2D eigenvalue weighted by molar-refractivity contribution is 0.0527. The monoisotopic (exact) mass is 294 g/mol. The molecule has 1 rings (SSSR count). The lowest BCUT2D eigenvalue weighted by atomic mass is 10.2. The second kappa shape index (κ2) is 8.49. The van der Waals surface area contributed by atoms with Gasteiger partial charge >= 0.3 is 6.09 Å². The fourth-order valence-corrected chi connectivity index (χ4v) is 1.91. The number of carbonyl (C=O) groups excluding carboxylic acids is 1. The zero-order valence-corrected chi connectivity index (χ0v) is 13.2. The molecule has 0 fully saturated rings. The maximum atomic E-state index is 11.5. The molecular formula is C16H26N2O3. The van der Waals surface area contributed by atoms with E-state index < -0.39 is 5.60 Å². The highest BCUT2D eigenvalue weighted by Crippen LogP contribution is 2.06. The minimum absolute atomic E-state index is 0.0455. The molecule has 0 unspecified atom stereocenters. The van der Waals surface area contributed by atoms with Crippen molar-refractivity contribution in [2.45, 2.75) is 58.6 Å². The molecule has 1 heterocycles. The van der Waals surface area contributed by atoms with E-state index in [0.717, 1.165) is 32.2 Å². The Labute approximate surface area is 126 Å². The summed E-state index contributed by atoms with van der Waals surface area (Å²) in [4.78, 5) is 22.9. The van der Waals surface area contributed by atoms with Crippen LogP contribution in [-0.2, 0) is 11.3 Å². The first-order valence-corrected chi connectivity index (χ1v) is 7.51. The van der Waals surface area contributed by atoms with Crippen LogP contribution in [0, 0.1) is 0 Å². The van der Waals surface area contributed by atoms with Crippen molar-refractivity contribution in [1.82, 2.24) is 9.88 Å². The molecule has 118 valence electrons. The van der Waals surface area contributed by atoms with E-state index in [4.69, 9.17) is 4.74 Å². The second-order valence-electron chi connectivity index (χ2n) is 6.08. The number of carbonyl (C=O) groups is 1. The Kier molecular flexibility index (Phi) is 6.99. The number of nitrogens with zero attached hydrogens (tertiary/aromatic N) is 1. The summed E-state index contributed by atoms with van der Waals surface area (Å²) in [6, 6.07) is 5.19. The maximum absolute atomic E-state index is 11.5. The minimum atomic E-state index is -0.451. The van der Waals surface area contributed by atoms with Crippen LogP contribution in [-0.4, -0.2) is 22.8 Å². The Morgan fingerprint density at radius 2 is 1.90 bits per heavy atom.